The number of aromatic carboxylic acids is 1. The summed E-state index contributed by atoms with van der Waals surface area (Å²) in [5.74, 6) is -1.09. The van der Waals surface area contributed by atoms with Crippen molar-refractivity contribution in [3.8, 4) is 0 Å². The zero-order valence-electron chi connectivity index (χ0n) is 15.0. The van der Waals surface area contributed by atoms with Gasteiger partial charge in [-0.3, -0.25) is 14.6 Å². The Balaban J connectivity index is 1.65. The minimum Gasteiger partial charge on any atom is -0.478 e. The number of aliphatic imine (C=N–C) groups is 1. The molecule has 138 valence electrons. The molecule has 0 aliphatic carbocycles. The van der Waals surface area contributed by atoms with Crippen LogP contribution in [-0.4, -0.2) is 47.4 Å². The molecule has 0 spiro atoms. The van der Waals surface area contributed by atoms with Gasteiger partial charge in [0.25, 0.3) is 5.91 Å². The third-order valence-corrected chi connectivity index (χ3v) is 5.04. The fourth-order valence-corrected chi connectivity index (χ4v) is 3.62. The number of para-hydroxylation sites is 1. The van der Waals surface area contributed by atoms with Crippen LogP contribution in [0.1, 0.15) is 35.2 Å². The van der Waals surface area contributed by atoms with Crippen LogP contribution in [0.15, 0.2) is 53.5 Å². The van der Waals surface area contributed by atoms with Crippen LogP contribution in [0.5, 0.6) is 0 Å². The van der Waals surface area contributed by atoms with Gasteiger partial charge in [-0.25, -0.2) is 9.79 Å². The molecule has 2 aliphatic heterocycles. The van der Waals surface area contributed by atoms with Gasteiger partial charge in [-0.1, -0.05) is 24.6 Å². The van der Waals surface area contributed by atoms with Crippen LogP contribution in [0.25, 0.3) is 0 Å². The number of carboxylic acids is 1. The topological polar surface area (TPSA) is 73.2 Å². The van der Waals surface area contributed by atoms with Crippen LogP contribution in [0.2, 0.25) is 0 Å². The fourth-order valence-electron chi connectivity index (χ4n) is 3.62. The summed E-state index contributed by atoms with van der Waals surface area (Å²) in [5.41, 5.74) is 2.88. The molecule has 2 aromatic rings. The number of carboxylic acid groups (broad SMARTS) is 1. The first-order valence-electron chi connectivity index (χ1n) is 9.19. The van der Waals surface area contributed by atoms with Crippen LogP contribution < -0.4 is 4.90 Å². The van der Waals surface area contributed by atoms with Gasteiger partial charge in [-0.15, -0.1) is 0 Å². The van der Waals surface area contributed by atoms with Crippen molar-refractivity contribution in [2.24, 2.45) is 4.99 Å². The molecule has 2 aromatic carbocycles. The number of carbonyl (C=O) groups is 2. The van der Waals surface area contributed by atoms with E-state index in [1.165, 1.54) is 31.4 Å². The largest absolute Gasteiger partial charge is 0.478 e. The van der Waals surface area contributed by atoms with Crippen molar-refractivity contribution in [3.63, 3.8) is 0 Å². The summed E-state index contributed by atoms with van der Waals surface area (Å²) in [5, 5.41) is 9.02. The first-order chi connectivity index (χ1) is 13.1. The Labute approximate surface area is 157 Å². The standard InChI is InChI=1S/C21H21N3O3/c25-20-19(22-16-10-8-15(9-11-16)21(26)27)17-6-2-3-7-18(17)24(20)14-23-12-4-1-5-13-23/h2-3,6-11H,1,4-5,12-14H2,(H,26,27). The van der Waals surface area contributed by atoms with E-state index in [1.54, 1.807) is 17.0 Å². The Morgan fingerprint density at radius 1 is 1.00 bits per heavy atom. The highest BCUT2D eigenvalue weighted by molar-refractivity contribution is 6.54. The van der Waals surface area contributed by atoms with Crippen molar-refractivity contribution >= 4 is 29.0 Å². The summed E-state index contributed by atoms with van der Waals surface area (Å²) in [6.07, 6.45) is 3.58. The Morgan fingerprint density at radius 2 is 1.70 bits per heavy atom. The van der Waals surface area contributed by atoms with Crippen LogP contribution in [0.3, 0.4) is 0 Å². The maximum Gasteiger partial charge on any atom is 0.335 e. The molecule has 1 fully saturated rings. The second-order valence-electron chi connectivity index (χ2n) is 6.88. The van der Waals surface area contributed by atoms with Gasteiger partial charge >= 0.3 is 5.97 Å². The van der Waals surface area contributed by atoms with Gasteiger partial charge in [0.15, 0.2) is 0 Å². The highest BCUT2D eigenvalue weighted by Gasteiger charge is 2.34. The molecule has 0 atom stereocenters. The summed E-state index contributed by atoms with van der Waals surface area (Å²) >= 11 is 0. The predicted molar refractivity (Wildman–Crippen MR) is 104 cm³/mol. The number of amides is 1. The normalized spacial score (nSPS) is 18.7. The van der Waals surface area contributed by atoms with E-state index in [9.17, 15) is 9.59 Å². The molecule has 0 bridgehead atoms. The van der Waals surface area contributed by atoms with E-state index >= 15 is 0 Å². The Bertz CT molecular complexity index is 899. The van der Waals surface area contributed by atoms with Crippen molar-refractivity contribution in [2.45, 2.75) is 19.3 Å². The molecule has 1 amide bonds. The first-order valence-corrected chi connectivity index (χ1v) is 9.19. The molecule has 1 saturated heterocycles. The zero-order chi connectivity index (χ0) is 18.8. The van der Waals surface area contributed by atoms with Crippen molar-refractivity contribution in [1.82, 2.24) is 4.90 Å². The molecule has 2 aliphatic rings. The molecule has 4 rings (SSSR count). The molecule has 1 N–H and O–H groups in total. The maximum absolute atomic E-state index is 13.1. The molecule has 0 radical (unpaired) electrons. The Hall–Kier alpha value is -2.99. The van der Waals surface area contributed by atoms with Gasteiger partial charge in [0, 0.05) is 5.56 Å². The Morgan fingerprint density at radius 3 is 2.41 bits per heavy atom. The molecular formula is C21H21N3O3. The molecule has 0 unspecified atom stereocenters. The number of fused-ring (bicyclic) bond motifs is 1. The van der Waals surface area contributed by atoms with Crippen LogP contribution in [0, 0.1) is 0 Å². The van der Waals surface area contributed by atoms with Crippen LogP contribution in [0.4, 0.5) is 11.4 Å². The lowest BCUT2D eigenvalue weighted by atomic mass is 10.1. The number of piperidine rings is 1. The lowest BCUT2D eigenvalue weighted by Gasteiger charge is -2.30. The smallest absolute Gasteiger partial charge is 0.335 e. The van der Waals surface area contributed by atoms with Gasteiger partial charge in [0.1, 0.15) is 5.71 Å². The lowest BCUT2D eigenvalue weighted by Crippen LogP contribution is -2.43. The van der Waals surface area contributed by atoms with Gasteiger partial charge in [-0.2, -0.15) is 0 Å². The van der Waals surface area contributed by atoms with Crippen LogP contribution >= 0.6 is 0 Å². The number of carbonyl (C=O) groups excluding carboxylic acids is 1. The number of hydrogen-bond donors (Lipinski definition) is 1. The third-order valence-electron chi connectivity index (χ3n) is 5.04. The molecule has 27 heavy (non-hydrogen) atoms. The van der Waals surface area contributed by atoms with E-state index < -0.39 is 5.97 Å². The number of likely N-dealkylation sites (tertiary alicyclic amines) is 1. The average Bonchev–Trinajstić information content (AvgIpc) is 2.95. The second kappa shape index (κ2) is 7.32. The molecule has 0 saturated carbocycles. The van der Waals surface area contributed by atoms with Gasteiger partial charge in [0.05, 0.1) is 23.6 Å². The van der Waals surface area contributed by atoms with E-state index in [4.69, 9.17) is 5.11 Å². The lowest BCUT2D eigenvalue weighted by molar-refractivity contribution is -0.112. The number of rotatable bonds is 4. The fraction of sp³-hybridized carbons (Fsp3) is 0.286. The van der Waals surface area contributed by atoms with Crippen LogP contribution in [-0.2, 0) is 4.79 Å². The average molecular weight is 363 g/mol. The number of hydrogen-bond acceptors (Lipinski definition) is 4. The highest BCUT2D eigenvalue weighted by atomic mass is 16.4. The molecular weight excluding hydrogens is 342 g/mol. The van der Waals surface area contributed by atoms with Crippen molar-refractivity contribution in [1.29, 1.82) is 0 Å². The molecule has 0 aromatic heterocycles. The number of anilines is 1. The second-order valence-corrected chi connectivity index (χ2v) is 6.88. The van der Waals surface area contributed by atoms with E-state index in [2.05, 4.69) is 9.89 Å². The van der Waals surface area contributed by atoms with Gasteiger partial charge < -0.3 is 5.11 Å². The van der Waals surface area contributed by atoms with Gasteiger partial charge in [-0.05, 0) is 56.3 Å². The van der Waals surface area contributed by atoms with Crippen molar-refractivity contribution < 1.29 is 14.7 Å². The monoisotopic (exact) mass is 363 g/mol. The van der Waals surface area contributed by atoms with E-state index in [-0.39, 0.29) is 11.5 Å². The predicted octanol–water partition coefficient (Wildman–Crippen LogP) is 3.30. The third kappa shape index (κ3) is 3.48. The summed E-state index contributed by atoms with van der Waals surface area (Å²) in [4.78, 5) is 32.7. The summed E-state index contributed by atoms with van der Waals surface area (Å²) in [6.45, 7) is 2.59. The zero-order valence-corrected chi connectivity index (χ0v) is 15.0. The van der Waals surface area contributed by atoms with Crippen molar-refractivity contribution in [2.75, 3.05) is 24.7 Å². The quantitative estimate of drug-likeness (QED) is 0.905. The SMILES string of the molecule is O=C(O)c1ccc(N=C2C(=O)N(CN3CCCCC3)c3ccccc32)cc1. The van der Waals surface area contributed by atoms with E-state index in [0.29, 0.717) is 18.1 Å². The highest BCUT2D eigenvalue weighted by Crippen LogP contribution is 2.31. The minimum atomic E-state index is -0.982. The van der Waals surface area contributed by atoms with Gasteiger partial charge in [0.2, 0.25) is 0 Å². The summed E-state index contributed by atoms with van der Waals surface area (Å²) in [7, 11) is 0. The number of nitrogens with zero attached hydrogens (tertiary/aromatic N) is 3. The summed E-state index contributed by atoms with van der Waals surface area (Å²) in [6, 6.07) is 13.9. The first kappa shape index (κ1) is 17.4. The van der Waals surface area contributed by atoms with E-state index in [0.717, 1.165) is 24.3 Å². The Kier molecular flexibility index (Phi) is 4.73. The molecule has 6 heteroatoms. The van der Waals surface area contributed by atoms with Crippen molar-refractivity contribution in [3.05, 3.63) is 59.7 Å². The maximum atomic E-state index is 13.1. The number of benzene rings is 2. The van der Waals surface area contributed by atoms with E-state index in [1.807, 2.05) is 24.3 Å². The summed E-state index contributed by atoms with van der Waals surface area (Å²) < 4.78 is 0. The minimum absolute atomic E-state index is 0.107. The molecule has 6 nitrogen and oxygen atoms in total. The molecule has 2 heterocycles.